The zero-order valence-corrected chi connectivity index (χ0v) is 6.47. The van der Waals surface area contributed by atoms with Crippen LogP contribution in [0.15, 0.2) is 0 Å². The average Bonchev–Trinajstić information content (AvgIpc) is 0.811. The van der Waals surface area contributed by atoms with Crippen molar-refractivity contribution in [2.75, 3.05) is 7.05 Å². The van der Waals surface area contributed by atoms with Crippen LogP contribution in [0.1, 0.15) is 0 Å². The van der Waals surface area contributed by atoms with Gasteiger partial charge in [-0.25, -0.2) is 0 Å². The van der Waals surface area contributed by atoms with Crippen molar-refractivity contribution in [3.05, 3.63) is 10.1 Å². The van der Waals surface area contributed by atoms with Gasteiger partial charge in [-0.2, -0.15) is 0 Å². The van der Waals surface area contributed by atoms with Gasteiger partial charge < -0.3 is 0 Å². The maximum atomic E-state index is 8.81. The summed E-state index contributed by atoms with van der Waals surface area (Å²) in [6.07, 6.45) is 0. The van der Waals surface area contributed by atoms with E-state index in [2.05, 4.69) is 0 Å². The Labute approximate surface area is 57.5 Å². The Morgan fingerprint density at radius 1 is 1.80 bits per heavy atom. The molecule has 0 aliphatic carbocycles. The summed E-state index contributed by atoms with van der Waals surface area (Å²) in [5.41, 5.74) is 0. The molecule has 0 aliphatic rings. The van der Waals surface area contributed by atoms with E-state index < -0.39 is 4.92 Å². The van der Waals surface area contributed by atoms with Gasteiger partial charge in [0.15, 0.2) is 7.05 Å². The summed E-state index contributed by atoms with van der Waals surface area (Å²) in [7, 11) is 0.889. The van der Waals surface area contributed by atoms with Crippen molar-refractivity contribution in [1.29, 1.82) is 0 Å². The minimum atomic E-state index is -0.500. The molecule has 0 aromatic carbocycles. The first-order valence-corrected chi connectivity index (χ1v) is 0.812. The smallest absolute Gasteiger partial charge is 0.194 e. The third-order valence-electron chi connectivity index (χ3n) is 0. The van der Waals surface area contributed by atoms with Crippen molar-refractivity contribution < 1.29 is 40.5 Å². The van der Waals surface area contributed by atoms with E-state index in [1.54, 1.807) is 0 Å². The van der Waals surface area contributed by atoms with E-state index in [4.69, 9.17) is 10.1 Å². The molecule has 0 N–H and O–H groups in total. The van der Waals surface area contributed by atoms with E-state index in [1.807, 2.05) is 0 Å². The van der Waals surface area contributed by atoms with Crippen LogP contribution < -0.4 is 0 Å². The molecule has 0 saturated carbocycles. The summed E-state index contributed by atoms with van der Waals surface area (Å²) >= 11 is 0. The van der Waals surface area contributed by atoms with E-state index in [0.717, 1.165) is 7.05 Å². The third-order valence-corrected chi connectivity index (χ3v) is 0. The normalized spacial score (nSPS) is 5.00. The van der Waals surface area contributed by atoms with Crippen molar-refractivity contribution >= 4 is 0 Å². The maximum Gasteiger partial charge on any atom is 0.194 e. The van der Waals surface area contributed by atoms with Crippen LogP contribution in [-0.4, -0.2) is 12.0 Å². The molecule has 0 spiro atoms. The molecule has 4 heteroatoms. The summed E-state index contributed by atoms with van der Waals surface area (Å²) in [4.78, 5) is 8.31. The molecule has 0 amide bonds. The van der Waals surface area contributed by atoms with Crippen LogP contribution in [0.3, 0.4) is 0 Å². The fourth-order valence-corrected chi connectivity index (χ4v) is 0. The van der Waals surface area contributed by atoms with Crippen LogP contribution in [0.2, 0.25) is 0 Å². The fraction of sp³-hybridized carbons (Fsp3) is 1.00. The molecule has 5 heavy (non-hydrogen) atoms. The molecule has 0 atom stereocenters. The van der Waals surface area contributed by atoms with E-state index in [9.17, 15) is 0 Å². The monoisotopic (exact) mass is 200 g/mol. The fourth-order valence-electron chi connectivity index (χ4n) is 0. The largest absolute Gasteiger partial charge is 0.265 e. The van der Waals surface area contributed by atoms with Gasteiger partial charge in [0.2, 0.25) is 0 Å². The summed E-state index contributed by atoms with van der Waals surface area (Å²) in [5, 5.41) is 8.81. The third kappa shape index (κ3) is 87.4. The second-order valence-corrected chi connectivity index (χ2v) is 0.440. The van der Waals surface area contributed by atoms with Crippen LogP contribution in [-0.2, 0) is 0 Å². The van der Waals surface area contributed by atoms with Gasteiger partial charge in [0.1, 0.15) is 0 Å². The van der Waals surface area contributed by atoms with Crippen LogP contribution >= 0.6 is 0 Å². The standard InChI is InChI=1S/CH3NO2.La/c1-2(3)4;/h1H3;. The van der Waals surface area contributed by atoms with Crippen LogP contribution in [0.5, 0.6) is 0 Å². The molecular formula is CH3LaNO2. The van der Waals surface area contributed by atoms with Gasteiger partial charge >= 0.3 is 0 Å². The summed E-state index contributed by atoms with van der Waals surface area (Å²) < 4.78 is 0. The number of hydrogen-bond acceptors (Lipinski definition) is 2. The Balaban J connectivity index is 0. The van der Waals surface area contributed by atoms with E-state index in [-0.39, 0.29) is 35.6 Å². The predicted molar refractivity (Wildman–Crippen MR) is 12.9 cm³/mol. The topological polar surface area (TPSA) is 43.1 Å². The van der Waals surface area contributed by atoms with Gasteiger partial charge in [-0.15, -0.1) is 0 Å². The van der Waals surface area contributed by atoms with E-state index in [0.29, 0.717) is 0 Å². The van der Waals surface area contributed by atoms with Gasteiger partial charge in [-0.05, 0) is 0 Å². The van der Waals surface area contributed by atoms with E-state index >= 15 is 0 Å². The minimum absolute atomic E-state index is 0. The van der Waals surface area contributed by atoms with Gasteiger partial charge in [0.05, 0.1) is 0 Å². The van der Waals surface area contributed by atoms with Crippen molar-refractivity contribution in [2.45, 2.75) is 0 Å². The number of nitrogens with zero attached hydrogens (tertiary/aromatic N) is 1. The van der Waals surface area contributed by atoms with Crippen LogP contribution in [0.25, 0.3) is 0 Å². The zero-order valence-electron chi connectivity index (χ0n) is 2.84. The van der Waals surface area contributed by atoms with Crippen molar-refractivity contribution in [3.63, 3.8) is 0 Å². The predicted octanol–water partition coefficient (Wildman–Crippen LogP) is -0.107. The minimum Gasteiger partial charge on any atom is -0.265 e. The molecule has 1 radical (unpaired) electrons. The molecule has 0 heterocycles. The first-order valence-electron chi connectivity index (χ1n) is 0.812. The first kappa shape index (κ1) is 9.14. The molecule has 0 saturated heterocycles. The van der Waals surface area contributed by atoms with Crippen LogP contribution in [0.4, 0.5) is 0 Å². The Kier molecular flexibility index (Phi) is 8.40. The Morgan fingerprint density at radius 3 is 1.80 bits per heavy atom. The molecular weight excluding hydrogens is 197 g/mol. The SMILES string of the molecule is C[N+](=O)[O-].[La]. The molecule has 0 unspecified atom stereocenters. The van der Waals surface area contributed by atoms with Gasteiger partial charge in [-0.1, -0.05) is 0 Å². The summed E-state index contributed by atoms with van der Waals surface area (Å²) in [6.45, 7) is 0. The van der Waals surface area contributed by atoms with Crippen molar-refractivity contribution in [3.8, 4) is 0 Å². The van der Waals surface area contributed by atoms with Gasteiger partial charge in [0, 0.05) is 40.5 Å². The molecule has 0 aromatic rings. The van der Waals surface area contributed by atoms with E-state index in [1.165, 1.54) is 0 Å². The van der Waals surface area contributed by atoms with Gasteiger partial charge in [-0.3, -0.25) is 10.1 Å². The molecule has 0 bridgehead atoms. The van der Waals surface area contributed by atoms with Gasteiger partial charge in [0.25, 0.3) is 0 Å². The average molecular weight is 200 g/mol. The number of rotatable bonds is 0. The number of hydrogen-bond donors (Lipinski definition) is 0. The first-order chi connectivity index (χ1) is 1.73. The number of nitro groups is 1. The Morgan fingerprint density at radius 2 is 1.80 bits per heavy atom. The quantitative estimate of drug-likeness (QED) is 0.404. The molecule has 27 valence electrons. The zero-order chi connectivity index (χ0) is 3.58. The summed E-state index contributed by atoms with van der Waals surface area (Å²) in [6, 6.07) is 0. The Bertz CT molecular complexity index is 32.6. The maximum absolute atomic E-state index is 8.81. The van der Waals surface area contributed by atoms with Crippen LogP contribution in [0, 0.1) is 45.7 Å². The van der Waals surface area contributed by atoms with Crippen molar-refractivity contribution in [1.82, 2.24) is 0 Å². The summed E-state index contributed by atoms with van der Waals surface area (Å²) in [5.74, 6) is 0. The molecule has 0 aromatic heterocycles. The second kappa shape index (κ2) is 4.59. The Hall–Kier alpha value is 0.595. The van der Waals surface area contributed by atoms with Crippen molar-refractivity contribution in [2.24, 2.45) is 0 Å². The second-order valence-electron chi connectivity index (χ2n) is 0.440. The molecule has 0 rings (SSSR count). The molecule has 3 nitrogen and oxygen atoms in total. The molecule has 0 aliphatic heterocycles. The molecule has 0 fully saturated rings.